The van der Waals surface area contributed by atoms with Crippen molar-refractivity contribution in [2.24, 2.45) is 0 Å². The van der Waals surface area contributed by atoms with E-state index < -0.39 is 0 Å². The topological polar surface area (TPSA) is 28.2 Å². The second-order valence-electron chi connectivity index (χ2n) is 5.31. The second kappa shape index (κ2) is 5.04. The van der Waals surface area contributed by atoms with Gasteiger partial charge in [-0.1, -0.05) is 0 Å². The van der Waals surface area contributed by atoms with E-state index in [1.165, 1.54) is 43.8 Å². The fourth-order valence-electron chi connectivity index (χ4n) is 3.25. The molecule has 0 spiro atoms. The lowest BCUT2D eigenvalue weighted by Crippen LogP contribution is -2.46. The highest BCUT2D eigenvalue weighted by atomic mass is 32.1. The summed E-state index contributed by atoms with van der Waals surface area (Å²) in [5.74, 6) is 0. The first-order valence-corrected chi connectivity index (χ1v) is 7.60. The van der Waals surface area contributed by atoms with Crippen LogP contribution in [0.1, 0.15) is 43.7 Å². The van der Waals surface area contributed by atoms with E-state index in [2.05, 4.69) is 27.5 Å². The van der Waals surface area contributed by atoms with E-state index in [1.54, 1.807) is 11.3 Å². The molecule has 3 heterocycles. The largest absolute Gasteiger partial charge is 0.305 e. The summed E-state index contributed by atoms with van der Waals surface area (Å²) in [6.45, 7) is 4.85. The van der Waals surface area contributed by atoms with Crippen molar-refractivity contribution in [1.29, 1.82) is 0 Å². The SMILES string of the molecule is CC(NC1CCN2CCCC2C1)c1nccs1. The van der Waals surface area contributed by atoms with Crippen LogP contribution < -0.4 is 5.32 Å². The van der Waals surface area contributed by atoms with E-state index in [4.69, 9.17) is 0 Å². The Kier molecular flexibility index (Phi) is 3.45. The molecule has 3 rings (SSSR count). The highest BCUT2D eigenvalue weighted by Gasteiger charge is 2.32. The van der Waals surface area contributed by atoms with E-state index in [1.807, 2.05) is 6.20 Å². The van der Waals surface area contributed by atoms with Crippen molar-refractivity contribution in [3.63, 3.8) is 0 Å². The fraction of sp³-hybridized carbons (Fsp3) is 0.769. The zero-order valence-corrected chi connectivity index (χ0v) is 11.2. The Morgan fingerprint density at radius 3 is 3.24 bits per heavy atom. The lowest BCUT2D eigenvalue weighted by molar-refractivity contribution is 0.162. The zero-order valence-electron chi connectivity index (χ0n) is 10.4. The second-order valence-corrected chi connectivity index (χ2v) is 6.24. The van der Waals surface area contributed by atoms with Crippen molar-refractivity contribution < 1.29 is 0 Å². The maximum absolute atomic E-state index is 4.39. The molecule has 2 fully saturated rings. The molecule has 0 aliphatic carbocycles. The Morgan fingerprint density at radius 1 is 1.47 bits per heavy atom. The first kappa shape index (κ1) is 11.6. The zero-order chi connectivity index (χ0) is 11.7. The van der Waals surface area contributed by atoms with Gasteiger partial charge in [-0.25, -0.2) is 4.98 Å². The average Bonchev–Trinajstić information content (AvgIpc) is 2.99. The molecule has 0 amide bonds. The minimum absolute atomic E-state index is 0.410. The van der Waals surface area contributed by atoms with Gasteiger partial charge < -0.3 is 10.2 Å². The molecule has 17 heavy (non-hydrogen) atoms. The van der Waals surface area contributed by atoms with Gasteiger partial charge in [0.05, 0.1) is 6.04 Å². The Hall–Kier alpha value is -0.450. The smallest absolute Gasteiger partial charge is 0.109 e. The molecule has 2 aliphatic rings. The van der Waals surface area contributed by atoms with Gasteiger partial charge in [-0.3, -0.25) is 0 Å². The van der Waals surface area contributed by atoms with Crippen LogP contribution in [0, 0.1) is 0 Å². The fourth-order valence-corrected chi connectivity index (χ4v) is 3.90. The predicted molar refractivity (Wildman–Crippen MR) is 71.3 cm³/mol. The van der Waals surface area contributed by atoms with E-state index in [0.29, 0.717) is 12.1 Å². The van der Waals surface area contributed by atoms with Crippen LogP contribution in [0.5, 0.6) is 0 Å². The maximum atomic E-state index is 4.39. The number of thiazole rings is 1. The minimum atomic E-state index is 0.410. The molecule has 0 aromatic carbocycles. The molecule has 1 N–H and O–H groups in total. The molecular formula is C13H21N3S. The molecule has 1 aromatic rings. The summed E-state index contributed by atoms with van der Waals surface area (Å²) < 4.78 is 0. The molecule has 3 unspecified atom stereocenters. The molecule has 0 radical (unpaired) electrons. The van der Waals surface area contributed by atoms with E-state index in [0.717, 1.165) is 6.04 Å². The van der Waals surface area contributed by atoms with Gasteiger partial charge in [-0.15, -0.1) is 11.3 Å². The molecule has 0 saturated carbocycles. The highest BCUT2D eigenvalue weighted by Crippen LogP contribution is 2.28. The van der Waals surface area contributed by atoms with Crippen molar-refractivity contribution in [3.8, 4) is 0 Å². The molecule has 3 atom stereocenters. The van der Waals surface area contributed by atoms with E-state index >= 15 is 0 Å². The Bertz CT molecular complexity index is 352. The number of fused-ring (bicyclic) bond motifs is 1. The van der Waals surface area contributed by atoms with Crippen molar-refractivity contribution in [1.82, 2.24) is 15.2 Å². The van der Waals surface area contributed by atoms with Crippen LogP contribution in [-0.2, 0) is 0 Å². The van der Waals surface area contributed by atoms with Crippen LogP contribution in [-0.4, -0.2) is 35.1 Å². The molecule has 1 aromatic heterocycles. The summed E-state index contributed by atoms with van der Waals surface area (Å²) in [5.41, 5.74) is 0. The number of hydrogen-bond acceptors (Lipinski definition) is 4. The molecule has 3 nitrogen and oxygen atoms in total. The van der Waals surface area contributed by atoms with Crippen LogP contribution in [0.15, 0.2) is 11.6 Å². The molecule has 2 aliphatic heterocycles. The Labute approximate surface area is 107 Å². The standard InChI is InChI=1S/C13H21N3S/c1-10(13-14-5-8-17-13)15-11-4-7-16-6-2-3-12(16)9-11/h5,8,10-12,15H,2-4,6-7,9H2,1H3. The first-order chi connectivity index (χ1) is 8.33. The maximum Gasteiger partial charge on any atom is 0.109 e. The first-order valence-electron chi connectivity index (χ1n) is 6.72. The van der Waals surface area contributed by atoms with Gasteiger partial charge in [0, 0.05) is 23.7 Å². The summed E-state index contributed by atoms with van der Waals surface area (Å²) in [4.78, 5) is 7.07. The van der Waals surface area contributed by atoms with Gasteiger partial charge in [0.2, 0.25) is 0 Å². The van der Waals surface area contributed by atoms with Crippen molar-refractivity contribution in [2.45, 2.75) is 50.7 Å². The summed E-state index contributed by atoms with van der Waals surface area (Å²) in [6, 6.07) is 1.95. The van der Waals surface area contributed by atoms with Gasteiger partial charge in [-0.05, 0) is 45.7 Å². The summed E-state index contributed by atoms with van der Waals surface area (Å²) >= 11 is 1.76. The summed E-state index contributed by atoms with van der Waals surface area (Å²) in [6.07, 6.45) is 7.34. The highest BCUT2D eigenvalue weighted by molar-refractivity contribution is 7.09. The van der Waals surface area contributed by atoms with Gasteiger partial charge in [0.25, 0.3) is 0 Å². The lowest BCUT2D eigenvalue weighted by Gasteiger charge is -2.36. The van der Waals surface area contributed by atoms with Crippen LogP contribution >= 0.6 is 11.3 Å². The van der Waals surface area contributed by atoms with Gasteiger partial charge in [0.1, 0.15) is 5.01 Å². The van der Waals surface area contributed by atoms with Crippen LogP contribution in [0.2, 0.25) is 0 Å². The monoisotopic (exact) mass is 251 g/mol. The number of rotatable bonds is 3. The summed E-state index contributed by atoms with van der Waals surface area (Å²) in [5, 5.41) is 7.04. The van der Waals surface area contributed by atoms with E-state index in [-0.39, 0.29) is 0 Å². The lowest BCUT2D eigenvalue weighted by atomic mass is 9.97. The Morgan fingerprint density at radius 2 is 2.41 bits per heavy atom. The number of piperidine rings is 1. The number of nitrogens with one attached hydrogen (secondary N) is 1. The van der Waals surface area contributed by atoms with Gasteiger partial charge in [-0.2, -0.15) is 0 Å². The normalized spacial score (nSPS) is 31.4. The molecule has 0 bridgehead atoms. The van der Waals surface area contributed by atoms with Crippen molar-refractivity contribution in [3.05, 3.63) is 16.6 Å². The van der Waals surface area contributed by atoms with Crippen molar-refractivity contribution >= 4 is 11.3 Å². The quantitative estimate of drug-likeness (QED) is 0.894. The molecule has 94 valence electrons. The minimum Gasteiger partial charge on any atom is -0.305 e. The number of hydrogen-bond donors (Lipinski definition) is 1. The summed E-state index contributed by atoms with van der Waals surface area (Å²) in [7, 11) is 0. The third-order valence-corrected chi connectivity index (χ3v) is 5.09. The Balaban J connectivity index is 1.55. The van der Waals surface area contributed by atoms with Gasteiger partial charge >= 0.3 is 0 Å². The molecule has 2 saturated heterocycles. The molecule has 4 heteroatoms. The van der Waals surface area contributed by atoms with Gasteiger partial charge in [0.15, 0.2) is 0 Å². The molecular weight excluding hydrogens is 230 g/mol. The predicted octanol–water partition coefficient (Wildman–Crippen LogP) is 2.42. The van der Waals surface area contributed by atoms with Crippen molar-refractivity contribution in [2.75, 3.05) is 13.1 Å². The number of aromatic nitrogens is 1. The van der Waals surface area contributed by atoms with Crippen LogP contribution in [0.25, 0.3) is 0 Å². The van der Waals surface area contributed by atoms with Crippen LogP contribution in [0.3, 0.4) is 0 Å². The third-order valence-electron chi connectivity index (χ3n) is 4.13. The van der Waals surface area contributed by atoms with E-state index in [9.17, 15) is 0 Å². The average molecular weight is 251 g/mol. The van der Waals surface area contributed by atoms with Crippen LogP contribution in [0.4, 0.5) is 0 Å². The third kappa shape index (κ3) is 2.54. The number of nitrogens with zero attached hydrogens (tertiary/aromatic N) is 2.